The Labute approximate surface area is 197 Å². The molecule has 5 rings (SSSR count). The lowest BCUT2D eigenvalue weighted by molar-refractivity contribution is -0.137. The van der Waals surface area contributed by atoms with Gasteiger partial charge < -0.3 is 9.73 Å². The Hall–Kier alpha value is -3.45. The highest BCUT2D eigenvalue weighted by Crippen LogP contribution is 2.39. The number of nitrogens with zero attached hydrogens (tertiary/aromatic N) is 1. The number of amides is 3. The quantitative estimate of drug-likeness (QED) is 0.454. The molecule has 1 spiro atoms. The summed E-state index contributed by atoms with van der Waals surface area (Å²) in [6.07, 6.45) is -3.04. The Kier molecular flexibility index (Phi) is 5.36. The van der Waals surface area contributed by atoms with Crippen LogP contribution >= 0.6 is 0 Å². The Morgan fingerprint density at radius 1 is 1.20 bits per heavy atom. The molecule has 0 radical (unpaired) electrons. The minimum absolute atomic E-state index is 0.111. The van der Waals surface area contributed by atoms with E-state index in [1.807, 2.05) is 0 Å². The largest absolute Gasteiger partial charge is 0.454 e. The van der Waals surface area contributed by atoms with Crippen LogP contribution in [-0.2, 0) is 21.0 Å². The van der Waals surface area contributed by atoms with Gasteiger partial charge in [-0.1, -0.05) is 18.2 Å². The minimum Gasteiger partial charge on any atom is -0.454 e. The fourth-order valence-electron chi connectivity index (χ4n) is 4.58. The summed E-state index contributed by atoms with van der Waals surface area (Å²) in [5, 5.41) is 5.32. The van der Waals surface area contributed by atoms with Crippen molar-refractivity contribution in [2.45, 2.75) is 35.9 Å². The lowest BCUT2D eigenvalue weighted by atomic mass is 9.96. The minimum atomic E-state index is -4.89. The highest BCUT2D eigenvalue weighted by molar-refractivity contribution is 7.89. The third kappa shape index (κ3) is 4.25. The van der Waals surface area contributed by atoms with Gasteiger partial charge in [-0.15, -0.1) is 0 Å². The predicted molar refractivity (Wildman–Crippen MR) is 116 cm³/mol. The molecule has 1 aliphatic heterocycles. The van der Waals surface area contributed by atoms with Crippen LogP contribution in [0.4, 0.5) is 18.0 Å². The molecule has 0 bridgehead atoms. The van der Waals surface area contributed by atoms with E-state index >= 15 is 0 Å². The van der Waals surface area contributed by atoms with Crippen LogP contribution < -0.4 is 15.4 Å². The molecule has 1 saturated heterocycles. The number of carbonyl (C=O) groups is 2. The average molecular weight is 508 g/mol. The van der Waals surface area contributed by atoms with E-state index in [4.69, 9.17) is 4.42 Å². The number of urea groups is 1. The van der Waals surface area contributed by atoms with Crippen molar-refractivity contribution in [1.82, 2.24) is 20.3 Å². The number of nitrogens with one attached hydrogen (secondary N) is 3. The van der Waals surface area contributed by atoms with E-state index < -0.39 is 49.8 Å². The topological polar surface area (TPSA) is 130 Å². The number of carbonyl (C=O) groups excluding carboxylic acids is 2. The predicted octanol–water partition coefficient (Wildman–Crippen LogP) is 3.17. The Bertz CT molecular complexity index is 1420. The van der Waals surface area contributed by atoms with Gasteiger partial charge in [0.15, 0.2) is 5.76 Å². The summed E-state index contributed by atoms with van der Waals surface area (Å²) in [5.41, 5.74) is -2.47. The number of alkyl halides is 3. The lowest BCUT2D eigenvalue weighted by Crippen LogP contribution is -2.44. The van der Waals surface area contributed by atoms with Gasteiger partial charge in [-0.2, -0.15) is 13.2 Å². The van der Waals surface area contributed by atoms with Crippen LogP contribution in [0.3, 0.4) is 0 Å². The summed E-state index contributed by atoms with van der Waals surface area (Å²) in [4.78, 5) is 26.7. The van der Waals surface area contributed by atoms with E-state index in [0.717, 1.165) is 6.20 Å². The molecule has 2 atom stereocenters. The second-order valence-electron chi connectivity index (χ2n) is 8.66. The van der Waals surface area contributed by atoms with Crippen LogP contribution in [0.1, 0.15) is 24.8 Å². The van der Waals surface area contributed by atoms with Crippen molar-refractivity contribution >= 4 is 32.9 Å². The lowest BCUT2D eigenvalue weighted by Gasteiger charge is -2.19. The van der Waals surface area contributed by atoms with Crippen molar-refractivity contribution in [3.05, 3.63) is 48.2 Å². The van der Waals surface area contributed by atoms with Crippen molar-refractivity contribution in [3.63, 3.8) is 0 Å². The van der Waals surface area contributed by atoms with Gasteiger partial charge >= 0.3 is 12.2 Å². The van der Waals surface area contributed by atoms with Gasteiger partial charge in [0.2, 0.25) is 10.0 Å². The first kappa shape index (κ1) is 23.3. The number of benzene rings is 1. The molecule has 1 aliphatic carbocycles. The molecule has 2 fully saturated rings. The Morgan fingerprint density at radius 2 is 1.97 bits per heavy atom. The summed E-state index contributed by atoms with van der Waals surface area (Å²) >= 11 is 0. The summed E-state index contributed by atoms with van der Waals surface area (Å²) in [6.45, 7) is -0.111. The number of pyridine rings is 1. The van der Waals surface area contributed by atoms with Crippen molar-refractivity contribution in [1.29, 1.82) is 0 Å². The van der Waals surface area contributed by atoms with E-state index in [9.17, 15) is 31.2 Å². The second kappa shape index (κ2) is 8.05. The molecule has 3 aromatic rings. The molecule has 184 valence electrons. The fourth-order valence-corrected chi connectivity index (χ4v) is 5.67. The number of hydrogen-bond acceptors (Lipinski definition) is 6. The van der Waals surface area contributed by atoms with Crippen molar-refractivity contribution in [2.24, 2.45) is 5.92 Å². The van der Waals surface area contributed by atoms with Crippen LogP contribution in [-0.4, -0.2) is 37.4 Å². The van der Waals surface area contributed by atoms with Crippen LogP contribution in [0.25, 0.3) is 22.4 Å². The maximum absolute atomic E-state index is 13.9. The third-order valence-electron chi connectivity index (χ3n) is 6.33. The van der Waals surface area contributed by atoms with Gasteiger partial charge in [-0.05, 0) is 43.4 Å². The zero-order valence-electron chi connectivity index (χ0n) is 18.0. The molecular weight excluding hydrogens is 489 g/mol. The van der Waals surface area contributed by atoms with Gasteiger partial charge in [0.25, 0.3) is 5.91 Å². The van der Waals surface area contributed by atoms with E-state index in [0.29, 0.717) is 29.9 Å². The first-order valence-corrected chi connectivity index (χ1v) is 12.1. The second-order valence-corrected chi connectivity index (χ2v) is 10.4. The zero-order chi connectivity index (χ0) is 25.0. The third-order valence-corrected chi connectivity index (χ3v) is 7.72. The van der Waals surface area contributed by atoms with Gasteiger partial charge in [0.05, 0.1) is 5.56 Å². The summed E-state index contributed by atoms with van der Waals surface area (Å²) in [7, 11) is -4.34. The van der Waals surface area contributed by atoms with E-state index in [1.54, 1.807) is 24.3 Å². The van der Waals surface area contributed by atoms with Crippen molar-refractivity contribution < 1.29 is 35.6 Å². The normalized spacial score (nSPS) is 22.7. The standard InChI is InChI=1S/C22H19F3N4O5S/c23-22(24,25)15-8-14(11-26-18(15)17-7-13-3-1-2-4-16(13)34-17)35(32,33)27-10-12-5-6-21(9-12)19(30)28-20(31)29-21/h1-4,7-8,11-12,27H,5-6,9-10H2,(H2,28,29,30,31). The molecule has 3 heterocycles. The SMILES string of the molecule is O=C1NC(=O)C2(CCC(CNS(=O)(=O)c3cnc(-c4cc5ccccc5o4)c(C(F)(F)F)c3)C2)N1. The summed E-state index contributed by atoms with van der Waals surface area (Å²) in [6, 6.07) is 7.99. The molecule has 9 nitrogen and oxygen atoms in total. The number of aromatic nitrogens is 1. The smallest absolute Gasteiger partial charge is 0.418 e. The maximum atomic E-state index is 13.9. The number of halogens is 3. The molecule has 13 heteroatoms. The first-order valence-electron chi connectivity index (χ1n) is 10.7. The number of furan rings is 1. The average Bonchev–Trinajstić information content (AvgIpc) is 3.48. The van der Waals surface area contributed by atoms with Crippen molar-refractivity contribution in [2.75, 3.05) is 6.54 Å². The summed E-state index contributed by atoms with van der Waals surface area (Å²) in [5.74, 6) is -0.893. The number of rotatable bonds is 5. The number of imide groups is 1. The van der Waals surface area contributed by atoms with Gasteiger partial charge in [0.1, 0.15) is 21.7 Å². The molecule has 2 unspecified atom stereocenters. The molecule has 1 aromatic carbocycles. The van der Waals surface area contributed by atoms with E-state index in [-0.39, 0.29) is 24.6 Å². The highest BCUT2D eigenvalue weighted by atomic mass is 32.2. The number of hydrogen-bond donors (Lipinski definition) is 3. The van der Waals surface area contributed by atoms with Crippen LogP contribution in [0.2, 0.25) is 0 Å². The zero-order valence-corrected chi connectivity index (χ0v) is 18.8. The molecule has 2 aromatic heterocycles. The molecule has 1 saturated carbocycles. The Balaban J connectivity index is 1.38. The highest BCUT2D eigenvalue weighted by Gasteiger charge is 2.51. The number of para-hydroxylation sites is 1. The van der Waals surface area contributed by atoms with E-state index in [2.05, 4.69) is 20.3 Å². The van der Waals surface area contributed by atoms with Gasteiger partial charge in [-0.25, -0.2) is 17.9 Å². The molecule has 2 aliphatic rings. The van der Waals surface area contributed by atoms with E-state index in [1.165, 1.54) is 6.07 Å². The van der Waals surface area contributed by atoms with Crippen LogP contribution in [0.5, 0.6) is 0 Å². The molecule has 3 N–H and O–H groups in total. The number of fused-ring (bicyclic) bond motifs is 1. The van der Waals surface area contributed by atoms with Crippen LogP contribution in [0.15, 0.2) is 51.9 Å². The first-order chi connectivity index (χ1) is 16.5. The fraction of sp³-hybridized carbons (Fsp3) is 0.318. The molecular formula is C22H19F3N4O5S. The molecule has 35 heavy (non-hydrogen) atoms. The molecule has 3 amide bonds. The van der Waals surface area contributed by atoms with Gasteiger partial charge in [0, 0.05) is 18.1 Å². The van der Waals surface area contributed by atoms with Gasteiger partial charge in [-0.3, -0.25) is 15.1 Å². The van der Waals surface area contributed by atoms with Crippen LogP contribution in [0, 0.1) is 5.92 Å². The Morgan fingerprint density at radius 3 is 2.66 bits per heavy atom. The number of sulfonamides is 1. The van der Waals surface area contributed by atoms with Crippen molar-refractivity contribution in [3.8, 4) is 11.5 Å². The maximum Gasteiger partial charge on any atom is 0.418 e. The summed E-state index contributed by atoms with van der Waals surface area (Å²) < 4.78 is 75.0. The monoisotopic (exact) mass is 508 g/mol.